The highest BCUT2D eigenvalue weighted by atomic mass is 14.5. The molecule has 0 saturated carbocycles. The largest absolute Gasteiger partial charge is 0.399 e. The Morgan fingerprint density at radius 1 is 0.357 bits per heavy atom. The van der Waals surface area contributed by atoms with Crippen LogP contribution in [0.5, 0.6) is 0 Å². The fourth-order valence-corrected chi connectivity index (χ4v) is 5.88. The van der Waals surface area contributed by atoms with E-state index >= 15 is 0 Å². The van der Waals surface area contributed by atoms with Gasteiger partial charge in [0, 0.05) is 11.4 Å². The molecule has 0 aliphatic rings. The van der Waals surface area contributed by atoms with Gasteiger partial charge in [0.1, 0.15) is 0 Å². The predicted octanol–water partition coefficient (Wildman–Crippen LogP) is 9.12. The lowest BCUT2D eigenvalue weighted by Crippen LogP contribution is -2.00. The number of rotatable bonds is 12. The molecular formula is C40H44N2. The maximum absolute atomic E-state index is 5.89. The molecule has 0 aliphatic carbocycles. The average Bonchev–Trinajstić information content (AvgIpc) is 2.99. The molecular weight excluding hydrogens is 508 g/mol. The molecule has 0 saturated heterocycles. The van der Waals surface area contributed by atoms with E-state index in [0.29, 0.717) is 0 Å². The van der Waals surface area contributed by atoms with E-state index in [4.69, 9.17) is 11.5 Å². The van der Waals surface area contributed by atoms with Crippen LogP contribution in [0.25, 0.3) is 0 Å². The van der Waals surface area contributed by atoms with Crippen molar-refractivity contribution in [3.8, 4) is 0 Å². The Labute approximate surface area is 252 Å². The first-order valence-electron chi connectivity index (χ1n) is 15.5. The van der Waals surface area contributed by atoms with Gasteiger partial charge in [0.2, 0.25) is 0 Å². The second-order valence-electron chi connectivity index (χ2n) is 11.7. The first-order chi connectivity index (χ1) is 20.5. The minimum absolute atomic E-state index is 0.818. The number of benzene rings is 5. The molecule has 0 unspecified atom stereocenters. The third-order valence-corrected chi connectivity index (χ3v) is 8.17. The Bertz CT molecular complexity index is 1460. The molecule has 0 aromatic heterocycles. The summed E-state index contributed by atoms with van der Waals surface area (Å²) in [7, 11) is 0. The molecule has 0 atom stereocenters. The SMILES string of the molecule is CCCc1cc(Cc2ccc(Cc3ccc(Cc4ccc(N)cc4)c(CCC)c3)cc2)ccc1Cc1ccc(N)cc1. The summed E-state index contributed by atoms with van der Waals surface area (Å²) in [5, 5.41) is 0. The lowest BCUT2D eigenvalue weighted by atomic mass is 9.92. The summed E-state index contributed by atoms with van der Waals surface area (Å²) in [6.07, 6.45) is 8.33. The van der Waals surface area contributed by atoms with E-state index in [9.17, 15) is 0 Å². The van der Waals surface area contributed by atoms with Gasteiger partial charge in [-0.15, -0.1) is 0 Å². The molecule has 0 aliphatic heterocycles. The van der Waals surface area contributed by atoms with Gasteiger partial charge >= 0.3 is 0 Å². The summed E-state index contributed by atoms with van der Waals surface area (Å²) in [5.41, 5.74) is 27.3. The second-order valence-corrected chi connectivity index (χ2v) is 11.7. The van der Waals surface area contributed by atoms with Crippen LogP contribution in [0.15, 0.2) is 109 Å². The molecule has 5 aromatic rings. The van der Waals surface area contributed by atoms with Crippen molar-refractivity contribution in [2.45, 2.75) is 65.2 Å². The summed E-state index contributed by atoms with van der Waals surface area (Å²) in [6, 6.07) is 39.9. The maximum Gasteiger partial charge on any atom is 0.0314 e. The maximum atomic E-state index is 5.89. The molecule has 0 fully saturated rings. The van der Waals surface area contributed by atoms with E-state index < -0.39 is 0 Å². The van der Waals surface area contributed by atoms with Crippen molar-refractivity contribution in [2.24, 2.45) is 0 Å². The zero-order chi connectivity index (χ0) is 29.3. The highest BCUT2D eigenvalue weighted by Crippen LogP contribution is 2.23. The topological polar surface area (TPSA) is 52.0 Å². The van der Waals surface area contributed by atoms with Gasteiger partial charge in [-0.2, -0.15) is 0 Å². The van der Waals surface area contributed by atoms with Gasteiger partial charge in [0.05, 0.1) is 0 Å². The molecule has 0 bridgehead atoms. The fraction of sp³-hybridized carbons (Fsp3) is 0.250. The summed E-state index contributed by atoms with van der Waals surface area (Å²) in [4.78, 5) is 0. The van der Waals surface area contributed by atoms with Gasteiger partial charge in [-0.25, -0.2) is 0 Å². The highest BCUT2D eigenvalue weighted by Gasteiger charge is 2.09. The summed E-state index contributed by atoms with van der Waals surface area (Å²) < 4.78 is 0. The Balaban J connectivity index is 1.25. The van der Waals surface area contributed by atoms with Gasteiger partial charge in [-0.05, 0) is 118 Å². The Hall–Kier alpha value is -4.30. The number of nitrogen functional groups attached to an aromatic ring is 2. The van der Waals surface area contributed by atoms with Crippen molar-refractivity contribution < 1.29 is 0 Å². The third kappa shape index (κ3) is 7.91. The number of hydrogen-bond acceptors (Lipinski definition) is 2. The fourth-order valence-electron chi connectivity index (χ4n) is 5.88. The Morgan fingerprint density at radius 3 is 1.02 bits per heavy atom. The van der Waals surface area contributed by atoms with Crippen molar-refractivity contribution in [2.75, 3.05) is 11.5 Å². The second kappa shape index (κ2) is 14.0. The zero-order valence-electron chi connectivity index (χ0n) is 25.2. The average molecular weight is 553 g/mol. The van der Waals surface area contributed by atoms with Crippen molar-refractivity contribution in [3.63, 3.8) is 0 Å². The molecule has 0 heterocycles. The minimum atomic E-state index is 0.818. The van der Waals surface area contributed by atoms with Gasteiger partial charge in [-0.3, -0.25) is 0 Å². The van der Waals surface area contributed by atoms with Crippen LogP contribution in [0.1, 0.15) is 82.3 Å². The monoisotopic (exact) mass is 552 g/mol. The number of hydrogen-bond donors (Lipinski definition) is 2. The quantitative estimate of drug-likeness (QED) is 0.152. The summed E-state index contributed by atoms with van der Waals surface area (Å²) >= 11 is 0. The smallest absolute Gasteiger partial charge is 0.0314 e. The van der Waals surface area contributed by atoms with E-state index in [1.54, 1.807) is 0 Å². The molecule has 2 nitrogen and oxygen atoms in total. The van der Waals surface area contributed by atoms with Crippen molar-refractivity contribution in [1.29, 1.82) is 0 Å². The normalized spacial score (nSPS) is 11.1. The van der Waals surface area contributed by atoms with E-state index in [2.05, 4.69) is 98.8 Å². The molecule has 5 aromatic carbocycles. The van der Waals surface area contributed by atoms with Crippen LogP contribution in [-0.2, 0) is 38.5 Å². The number of nitrogens with two attached hydrogens (primary N) is 2. The summed E-state index contributed by atoms with van der Waals surface area (Å²) in [5.74, 6) is 0. The predicted molar refractivity (Wildman–Crippen MR) is 180 cm³/mol. The molecule has 0 radical (unpaired) electrons. The van der Waals surface area contributed by atoms with E-state index in [-0.39, 0.29) is 0 Å². The molecule has 0 amide bonds. The Kier molecular flexibility index (Phi) is 9.77. The lowest BCUT2D eigenvalue weighted by molar-refractivity contribution is 0.899. The molecule has 5 rings (SSSR count). The third-order valence-electron chi connectivity index (χ3n) is 8.17. The molecule has 0 spiro atoms. The standard InChI is InChI=1S/C40H44N2/c1-3-5-35-27-33(11-17-37(35)25-31-13-19-39(41)20-14-31)23-29-7-9-30(10-8-29)24-34-12-18-38(36(28-34)6-4-2)26-32-15-21-40(42)22-16-32/h7-22,27-28H,3-6,23-26,41-42H2,1-2H3. The van der Waals surface area contributed by atoms with Gasteiger partial charge in [0.25, 0.3) is 0 Å². The number of aryl methyl sites for hydroxylation is 2. The van der Waals surface area contributed by atoms with E-state index in [1.807, 2.05) is 24.3 Å². The zero-order valence-corrected chi connectivity index (χ0v) is 25.2. The molecule has 42 heavy (non-hydrogen) atoms. The van der Waals surface area contributed by atoms with Gasteiger partial charge in [-0.1, -0.05) is 112 Å². The first-order valence-corrected chi connectivity index (χ1v) is 15.5. The Morgan fingerprint density at radius 2 is 0.667 bits per heavy atom. The minimum Gasteiger partial charge on any atom is -0.399 e. The van der Waals surface area contributed by atoms with Crippen LogP contribution in [0.2, 0.25) is 0 Å². The molecule has 4 N–H and O–H groups in total. The van der Waals surface area contributed by atoms with Crippen LogP contribution in [-0.4, -0.2) is 0 Å². The molecule has 214 valence electrons. The van der Waals surface area contributed by atoms with Crippen LogP contribution in [0.3, 0.4) is 0 Å². The summed E-state index contributed by atoms with van der Waals surface area (Å²) in [6.45, 7) is 4.52. The van der Waals surface area contributed by atoms with E-state index in [1.165, 1.54) is 55.6 Å². The van der Waals surface area contributed by atoms with Crippen molar-refractivity contribution in [1.82, 2.24) is 0 Å². The van der Waals surface area contributed by atoms with E-state index in [0.717, 1.165) is 62.7 Å². The lowest BCUT2D eigenvalue weighted by Gasteiger charge is -2.13. The van der Waals surface area contributed by atoms with Gasteiger partial charge in [0.15, 0.2) is 0 Å². The van der Waals surface area contributed by atoms with Crippen molar-refractivity contribution >= 4 is 11.4 Å². The first kappa shape index (κ1) is 29.2. The van der Waals surface area contributed by atoms with Crippen LogP contribution in [0, 0.1) is 0 Å². The van der Waals surface area contributed by atoms with Crippen LogP contribution >= 0.6 is 0 Å². The molecule has 2 heteroatoms. The number of anilines is 2. The van der Waals surface area contributed by atoms with Gasteiger partial charge < -0.3 is 11.5 Å². The van der Waals surface area contributed by atoms with Crippen LogP contribution < -0.4 is 11.5 Å². The highest BCUT2D eigenvalue weighted by molar-refractivity contribution is 5.44. The van der Waals surface area contributed by atoms with Crippen LogP contribution in [0.4, 0.5) is 11.4 Å². The van der Waals surface area contributed by atoms with Crippen molar-refractivity contribution in [3.05, 3.63) is 165 Å².